The van der Waals surface area contributed by atoms with Crippen LogP contribution in [0.3, 0.4) is 0 Å². The first kappa shape index (κ1) is 11.4. The minimum Gasteiger partial charge on any atom is -0.256 e. The number of benzene rings is 2. The lowest BCUT2D eigenvalue weighted by atomic mass is 9.97. The summed E-state index contributed by atoms with van der Waals surface area (Å²) in [4.78, 5) is 4.47. The topological polar surface area (TPSA) is 12.9 Å². The molecule has 2 aromatic carbocycles. The van der Waals surface area contributed by atoms with Gasteiger partial charge in [0.2, 0.25) is 0 Å². The van der Waals surface area contributed by atoms with Gasteiger partial charge in [0.05, 0.1) is 5.69 Å². The highest BCUT2D eigenvalue weighted by Gasteiger charge is 2.09. The molecule has 0 saturated heterocycles. The van der Waals surface area contributed by atoms with Gasteiger partial charge in [0.15, 0.2) is 0 Å². The highest BCUT2D eigenvalue weighted by molar-refractivity contribution is 9.10. The first-order valence-corrected chi connectivity index (χ1v) is 6.66. The molecule has 0 aliphatic carbocycles. The molecule has 0 amide bonds. The van der Waals surface area contributed by atoms with Crippen LogP contribution in [0.1, 0.15) is 5.56 Å². The number of halogens is 1. The number of nitrogens with zero attached hydrogens (tertiary/aromatic N) is 1. The highest BCUT2D eigenvalue weighted by atomic mass is 79.9. The summed E-state index contributed by atoms with van der Waals surface area (Å²) in [6.45, 7) is 2.13. The summed E-state index contributed by atoms with van der Waals surface area (Å²) in [5, 5.41) is 2.46. The molecule has 1 nitrogen and oxygen atoms in total. The van der Waals surface area contributed by atoms with E-state index in [1.165, 1.54) is 21.9 Å². The first-order valence-electron chi connectivity index (χ1n) is 5.86. The van der Waals surface area contributed by atoms with E-state index in [0.29, 0.717) is 0 Å². The molecule has 1 aromatic heterocycles. The SMILES string of the molecule is Cc1ccc2c(Br)cccc2c1-c1ccccn1. The molecule has 0 radical (unpaired) electrons. The molecule has 0 bridgehead atoms. The number of rotatable bonds is 1. The van der Waals surface area contributed by atoms with E-state index in [2.05, 4.69) is 64.2 Å². The average molecular weight is 298 g/mol. The number of hydrogen-bond donors (Lipinski definition) is 0. The number of aromatic nitrogens is 1. The van der Waals surface area contributed by atoms with Crippen LogP contribution in [0, 0.1) is 6.92 Å². The van der Waals surface area contributed by atoms with Gasteiger partial charge in [0.25, 0.3) is 0 Å². The Balaban J connectivity index is 2.41. The Bertz CT molecular complexity index is 705. The van der Waals surface area contributed by atoms with Gasteiger partial charge in [-0.1, -0.05) is 46.3 Å². The third kappa shape index (κ3) is 1.83. The molecule has 2 heteroatoms. The molecule has 0 atom stereocenters. The number of fused-ring (bicyclic) bond motifs is 1. The van der Waals surface area contributed by atoms with Crippen molar-refractivity contribution in [3.05, 3.63) is 64.8 Å². The van der Waals surface area contributed by atoms with Crippen molar-refractivity contribution >= 4 is 26.7 Å². The summed E-state index contributed by atoms with van der Waals surface area (Å²) >= 11 is 3.61. The second-order valence-electron chi connectivity index (χ2n) is 4.31. The molecule has 0 fully saturated rings. The van der Waals surface area contributed by atoms with E-state index in [1.807, 2.05) is 18.3 Å². The number of aryl methyl sites for hydroxylation is 1. The van der Waals surface area contributed by atoms with Crippen molar-refractivity contribution < 1.29 is 0 Å². The minimum absolute atomic E-state index is 1.03. The van der Waals surface area contributed by atoms with E-state index in [0.717, 1.165) is 10.2 Å². The van der Waals surface area contributed by atoms with Crippen LogP contribution in [0.25, 0.3) is 22.0 Å². The van der Waals surface area contributed by atoms with Gasteiger partial charge in [-0.25, -0.2) is 0 Å². The van der Waals surface area contributed by atoms with Gasteiger partial charge >= 0.3 is 0 Å². The fraction of sp³-hybridized carbons (Fsp3) is 0.0625. The summed E-state index contributed by atoms with van der Waals surface area (Å²) in [7, 11) is 0. The fourth-order valence-corrected chi connectivity index (χ4v) is 2.78. The molecule has 88 valence electrons. The molecule has 1 heterocycles. The van der Waals surface area contributed by atoms with E-state index in [9.17, 15) is 0 Å². The monoisotopic (exact) mass is 297 g/mol. The zero-order valence-electron chi connectivity index (χ0n) is 10.0. The molecular weight excluding hydrogens is 286 g/mol. The Morgan fingerprint density at radius 1 is 0.889 bits per heavy atom. The molecule has 0 spiro atoms. The Labute approximate surface area is 115 Å². The predicted octanol–water partition coefficient (Wildman–Crippen LogP) is 4.97. The number of hydrogen-bond acceptors (Lipinski definition) is 1. The summed E-state index contributed by atoms with van der Waals surface area (Å²) in [6, 6.07) is 16.6. The van der Waals surface area contributed by atoms with Gasteiger partial charge in [-0.05, 0) is 41.5 Å². The maximum Gasteiger partial charge on any atom is 0.0710 e. The van der Waals surface area contributed by atoms with E-state index >= 15 is 0 Å². The first-order chi connectivity index (χ1) is 8.77. The molecule has 3 rings (SSSR count). The summed E-state index contributed by atoms with van der Waals surface area (Å²) < 4.78 is 1.12. The molecular formula is C16H12BrN. The smallest absolute Gasteiger partial charge is 0.0710 e. The van der Waals surface area contributed by atoms with Crippen molar-refractivity contribution in [1.82, 2.24) is 4.98 Å². The van der Waals surface area contributed by atoms with Gasteiger partial charge < -0.3 is 0 Å². The molecule has 0 saturated carbocycles. The van der Waals surface area contributed by atoms with Crippen molar-refractivity contribution in [3.63, 3.8) is 0 Å². The molecule has 0 aliphatic heterocycles. The van der Waals surface area contributed by atoms with Crippen LogP contribution in [0.2, 0.25) is 0 Å². The third-order valence-corrected chi connectivity index (χ3v) is 3.83. The fourth-order valence-electron chi connectivity index (χ4n) is 2.28. The molecule has 0 unspecified atom stereocenters. The summed E-state index contributed by atoms with van der Waals surface area (Å²) in [5.41, 5.74) is 3.49. The van der Waals surface area contributed by atoms with Gasteiger partial charge in [-0.3, -0.25) is 4.98 Å². The van der Waals surface area contributed by atoms with Crippen molar-refractivity contribution in [3.8, 4) is 11.3 Å². The third-order valence-electron chi connectivity index (χ3n) is 3.14. The van der Waals surface area contributed by atoms with Crippen LogP contribution in [-0.4, -0.2) is 4.98 Å². The van der Waals surface area contributed by atoms with Gasteiger partial charge in [0.1, 0.15) is 0 Å². The standard InChI is InChI=1S/C16H12BrN/c1-11-8-9-12-13(5-4-6-14(12)17)16(11)15-7-2-3-10-18-15/h2-10H,1H3. The van der Waals surface area contributed by atoms with Crippen LogP contribution in [0.15, 0.2) is 59.2 Å². The maximum atomic E-state index is 4.47. The zero-order valence-corrected chi connectivity index (χ0v) is 11.6. The van der Waals surface area contributed by atoms with Crippen molar-refractivity contribution in [1.29, 1.82) is 0 Å². The Kier molecular flexibility index (Phi) is 2.88. The van der Waals surface area contributed by atoms with E-state index in [-0.39, 0.29) is 0 Å². The Morgan fingerprint density at radius 3 is 2.56 bits per heavy atom. The Morgan fingerprint density at radius 2 is 1.78 bits per heavy atom. The number of pyridine rings is 1. The van der Waals surface area contributed by atoms with Gasteiger partial charge in [-0.2, -0.15) is 0 Å². The van der Waals surface area contributed by atoms with Gasteiger partial charge in [-0.15, -0.1) is 0 Å². The normalized spacial score (nSPS) is 10.8. The quantitative estimate of drug-likeness (QED) is 0.618. The predicted molar refractivity (Wildman–Crippen MR) is 79.6 cm³/mol. The second-order valence-corrected chi connectivity index (χ2v) is 5.16. The second kappa shape index (κ2) is 4.54. The lowest BCUT2D eigenvalue weighted by molar-refractivity contribution is 1.32. The van der Waals surface area contributed by atoms with E-state index in [4.69, 9.17) is 0 Å². The van der Waals surface area contributed by atoms with E-state index in [1.54, 1.807) is 0 Å². The van der Waals surface area contributed by atoms with Crippen LogP contribution in [0.4, 0.5) is 0 Å². The Hall–Kier alpha value is -1.67. The summed E-state index contributed by atoms with van der Waals surface area (Å²) in [5.74, 6) is 0. The molecule has 0 aliphatic rings. The average Bonchev–Trinajstić information content (AvgIpc) is 2.40. The van der Waals surface area contributed by atoms with Crippen molar-refractivity contribution in [2.75, 3.05) is 0 Å². The summed E-state index contributed by atoms with van der Waals surface area (Å²) in [6.07, 6.45) is 1.84. The van der Waals surface area contributed by atoms with Crippen molar-refractivity contribution in [2.24, 2.45) is 0 Å². The van der Waals surface area contributed by atoms with Crippen molar-refractivity contribution in [2.45, 2.75) is 6.92 Å². The largest absolute Gasteiger partial charge is 0.256 e. The van der Waals surface area contributed by atoms with E-state index < -0.39 is 0 Å². The van der Waals surface area contributed by atoms with Gasteiger partial charge in [0, 0.05) is 16.2 Å². The van der Waals surface area contributed by atoms with Crippen LogP contribution in [0.5, 0.6) is 0 Å². The van der Waals surface area contributed by atoms with Crippen LogP contribution in [-0.2, 0) is 0 Å². The zero-order chi connectivity index (χ0) is 12.5. The highest BCUT2D eigenvalue weighted by Crippen LogP contribution is 2.33. The lowest BCUT2D eigenvalue weighted by Crippen LogP contribution is -1.89. The molecule has 0 N–H and O–H groups in total. The van der Waals surface area contributed by atoms with Crippen LogP contribution < -0.4 is 0 Å². The maximum absolute atomic E-state index is 4.47. The van der Waals surface area contributed by atoms with Crippen LogP contribution >= 0.6 is 15.9 Å². The minimum atomic E-state index is 1.03. The molecule has 18 heavy (non-hydrogen) atoms. The lowest BCUT2D eigenvalue weighted by Gasteiger charge is -2.10. The molecule has 3 aromatic rings.